The molecule has 0 radical (unpaired) electrons. The molecule has 0 aliphatic carbocycles. The van der Waals surface area contributed by atoms with E-state index in [-0.39, 0.29) is 0 Å². The van der Waals surface area contributed by atoms with Crippen molar-refractivity contribution in [2.75, 3.05) is 26.7 Å². The van der Waals surface area contributed by atoms with E-state index in [4.69, 9.17) is 10.5 Å². The van der Waals surface area contributed by atoms with Gasteiger partial charge in [-0.15, -0.1) is 0 Å². The fraction of sp³-hybridized carbons (Fsp3) is 0.571. The van der Waals surface area contributed by atoms with Crippen LogP contribution in [-0.2, 0) is 6.54 Å². The lowest BCUT2D eigenvalue weighted by atomic mass is 10.1. The Bertz CT molecular complexity index is 328. The molecule has 0 aliphatic heterocycles. The SMILES string of the molecule is CCN(Cc1cccc(OC)c1)CC(C)CN. The van der Waals surface area contributed by atoms with Crippen LogP contribution in [0.5, 0.6) is 5.75 Å². The second kappa shape index (κ2) is 7.30. The van der Waals surface area contributed by atoms with Gasteiger partial charge >= 0.3 is 0 Å². The first-order chi connectivity index (χ1) is 8.19. The average molecular weight is 236 g/mol. The van der Waals surface area contributed by atoms with Gasteiger partial charge in [-0.3, -0.25) is 4.90 Å². The van der Waals surface area contributed by atoms with Crippen LogP contribution in [0, 0.1) is 5.92 Å². The Morgan fingerprint density at radius 2 is 2.18 bits per heavy atom. The number of ether oxygens (including phenoxy) is 1. The summed E-state index contributed by atoms with van der Waals surface area (Å²) < 4.78 is 5.23. The van der Waals surface area contributed by atoms with Crippen molar-refractivity contribution in [2.24, 2.45) is 11.7 Å². The van der Waals surface area contributed by atoms with E-state index in [9.17, 15) is 0 Å². The molecule has 0 bridgehead atoms. The van der Waals surface area contributed by atoms with E-state index in [1.165, 1.54) is 5.56 Å². The molecule has 0 amide bonds. The van der Waals surface area contributed by atoms with Crippen molar-refractivity contribution < 1.29 is 4.74 Å². The van der Waals surface area contributed by atoms with Crippen LogP contribution in [0.3, 0.4) is 0 Å². The number of benzene rings is 1. The molecular weight excluding hydrogens is 212 g/mol. The molecule has 0 aliphatic rings. The Labute approximate surface area is 105 Å². The van der Waals surface area contributed by atoms with Crippen LogP contribution >= 0.6 is 0 Å². The monoisotopic (exact) mass is 236 g/mol. The lowest BCUT2D eigenvalue weighted by Gasteiger charge is -2.23. The molecule has 1 aromatic rings. The number of hydrogen-bond donors (Lipinski definition) is 1. The van der Waals surface area contributed by atoms with Crippen molar-refractivity contribution >= 4 is 0 Å². The fourth-order valence-electron chi connectivity index (χ4n) is 1.85. The number of nitrogens with two attached hydrogens (primary N) is 1. The quantitative estimate of drug-likeness (QED) is 0.788. The molecule has 0 saturated heterocycles. The molecule has 1 rings (SSSR count). The summed E-state index contributed by atoms with van der Waals surface area (Å²) in [6, 6.07) is 8.24. The first kappa shape index (κ1) is 14.0. The van der Waals surface area contributed by atoms with Crippen LogP contribution in [0.1, 0.15) is 19.4 Å². The predicted octanol–water partition coefficient (Wildman–Crippen LogP) is 2.11. The van der Waals surface area contributed by atoms with Crippen LogP contribution in [0.15, 0.2) is 24.3 Å². The lowest BCUT2D eigenvalue weighted by molar-refractivity contribution is 0.243. The minimum absolute atomic E-state index is 0.542. The number of methoxy groups -OCH3 is 1. The zero-order chi connectivity index (χ0) is 12.7. The molecule has 17 heavy (non-hydrogen) atoms. The van der Waals surface area contributed by atoms with Crippen molar-refractivity contribution in [1.82, 2.24) is 4.90 Å². The van der Waals surface area contributed by atoms with Gasteiger partial charge in [-0.25, -0.2) is 0 Å². The van der Waals surface area contributed by atoms with Crippen molar-refractivity contribution in [1.29, 1.82) is 0 Å². The first-order valence-electron chi connectivity index (χ1n) is 6.25. The smallest absolute Gasteiger partial charge is 0.119 e. The third-order valence-corrected chi connectivity index (χ3v) is 2.96. The van der Waals surface area contributed by atoms with Gasteiger partial charge in [-0.2, -0.15) is 0 Å². The summed E-state index contributed by atoms with van der Waals surface area (Å²) in [6.45, 7) is 8.16. The van der Waals surface area contributed by atoms with Crippen LogP contribution in [-0.4, -0.2) is 31.6 Å². The molecule has 0 spiro atoms. The maximum Gasteiger partial charge on any atom is 0.119 e. The van der Waals surface area contributed by atoms with E-state index in [1.807, 2.05) is 12.1 Å². The van der Waals surface area contributed by atoms with Gasteiger partial charge in [-0.1, -0.05) is 26.0 Å². The van der Waals surface area contributed by atoms with E-state index in [2.05, 4.69) is 30.9 Å². The van der Waals surface area contributed by atoms with E-state index in [1.54, 1.807) is 7.11 Å². The summed E-state index contributed by atoms with van der Waals surface area (Å²) in [4.78, 5) is 2.41. The van der Waals surface area contributed by atoms with E-state index >= 15 is 0 Å². The molecule has 3 heteroatoms. The summed E-state index contributed by atoms with van der Waals surface area (Å²) in [5.74, 6) is 1.46. The van der Waals surface area contributed by atoms with E-state index in [0.29, 0.717) is 5.92 Å². The highest BCUT2D eigenvalue weighted by atomic mass is 16.5. The zero-order valence-corrected chi connectivity index (χ0v) is 11.1. The van der Waals surface area contributed by atoms with Crippen molar-refractivity contribution in [2.45, 2.75) is 20.4 Å². The number of hydrogen-bond acceptors (Lipinski definition) is 3. The molecule has 3 nitrogen and oxygen atoms in total. The molecule has 0 saturated carbocycles. The minimum atomic E-state index is 0.542. The highest BCUT2D eigenvalue weighted by Crippen LogP contribution is 2.14. The van der Waals surface area contributed by atoms with Gasteiger partial charge < -0.3 is 10.5 Å². The maximum atomic E-state index is 5.67. The third-order valence-electron chi connectivity index (χ3n) is 2.96. The molecule has 2 N–H and O–H groups in total. The normalized spacial score (nSPS) is 12.8. The average Bonchev–Trinajstić information content (AvgIpc) is 2.37. The standard InChI is InChI=1S/C14H24N2O/c1-4-16(10-12(2)9-15)11-13-6-5-7-14(8-13)17-3/h5-8,12H,4,9-11,15H2,1-3H3. The summed E-state index contributed by atoms with van der Waals surface area (Å²) in [6.07, 6.45) is 0. The van der Waals surface area contributed by atoms with Crippen molar-refractivity contribution in [3.05, 3.63) is 29.8 Å². The molecular formula is C14H24N2O. The number of rotatable bonds is 7. The molecule has 1 unspecified atom stereocenters. The Morgan fingerprint density at radius 1 is 1.41 bits per heavy atom. The van der Waals surface area contributed by atoms with Crippen LogP contribution in [0.25, 0.3) is 0 Å². The summed E-state index contributed by atoms with van der Waals surface area (Å²) in [5.41, 5.74) is 6.95. The molecule has 0 aromatic heterocycles. The Balaban J connectivity index is 2.60. The first-order valence-corrected chi connectivity index (χ1v) is 6.25. The second-order valence-electron chi connectivity index (χ2n) is 4.52. The Morgan fingerprint density at radius 3 is 2.76 bits per heavy atom. The zero-order valence-electron chi connectivity index (χ0n) is 11.1. The Hall–Kier alpha value is -1.06. The summed E-state index contributed by atoms with van der Waals surface area (Å²) in [7, 11) is 1.70. The molecule has 0 heterocycles. The predicted molar refractivity (Wildman–Crippen MR) is 72.2 cm³/mol. The van der Waals surface area contributed by atoms with Crippen molar-refractivity contribution in [3.63, 3.8) is 0 Å². The van der Waals surface area contributed by atoms with Crippen LogP contribution in [0.2, 0.25) is 0 Å². The molecule has 96 valence electrons. The molecule has 0 fully saturated rings. The topological polar surface area (TPSA) is 38.5 Å². The fourth-order valence-corrected chi connectivity index (χ4v) is 1.85. The molecule has 1 aromatic carbocycles. The van der Waals surface area contributed by atoms with Gasteiger partial charge in [0.2, 0.25) is 0 Å². The minimum Gasteiger partial charge on any atom is -0.497 e. The van der Waals surface area contributed by atoms with Gasteiger partial charge in [0.25, 0.3) is 0 Å². The third kappa shape index (κ3) is 4.75. The molecule has 1 atom stereocenters. The van der Waals surface area contributed by atoms with Crippen LogP contribution < -0.4 is 10.5 Å². The van der Waals surface area contributed by atoms with Gasteiger partial charge in [0.05, 0.1) is 7.11 Å². The van der Waals surface area contributed by atoms with Gasteiger partial charge in [0.15, 0.2) is 0 Å². The summed E-state index contributed by atoms with van der Waals surface area (Å²) >= 11 is 0. The lowest BCUT2D eigenvalue weighted by Crippen LogP contribution is -2.31. The van der Waals surface area contributed by atoms with E-state index in [0.717, 1.165) is 31.9 Å². The summed E-state index contributed by atoms with van der Waals surface area (Å²) in [5, 5.41) is 0. The Kier molecular flexibility index (Phi) is 6.01. The van der Waals surface area contributed by atoms with Gasteiger partial charge in [0.1, 0.15) is 5.75 Å². The number of nitrogens with zero attached hydrogens (tertiary/aromatic N) is 1. The highest BCUT2D eigenvalue weighted by Gasteiger charge is 2.08. The maximum absolute atomic E-state index is 5.67. The van der Waals surface area contributed by atoms with Crippen molar-refractivity contribution in [3.8, 4) is 5.75 Å². The van der Waals surface area contributed by atoms with Gasteiger partial charge in [0, 0.05) is 13.1 Å². The highest BCUT2D eigenvalue weighted by molar-refractivity contribution is 5.28. The van der Waals surface area contributed by atoms with Gasteiger partial charge in [-0.05, 0) is 36.7 Å². The van der Waals surface area contributed by atoms with Crippen LogP contribution in [0.4, 0.5) is 0 Å². The largest absolute Gasteiger partial charge is 0.497 e. The second-order valence-corrected chi connectivity index (χ2v) is 4.52. The van der Waals surface area contributed by atoms with E-state index < -0.39 is 0 Å².